The lowest BCUT2D eigenvalue weighted by Crippen LogP contribution is -2.46. The first-order chi connectivity index (χ1) is 12.6. The van der Waals surface area contributed by atoms with Gasteiger partial charge in [-0.2, -0.15) is 0 Å². The van der Waals surface area contributed by atoms with Crippen molar-refractivity contribution >= 4 is 34.4 Å². The van der Waals surface area contributed by atoms with E-state index in [0.717, 1.165) is 46.9 Å². The van der Waals surface area contributed by atoms with E-state index in [1.807, 2.05) is 24.7 Å². The molecule has 6 nitrogen and oxygen atoms in total. The highest BCUT2D eigenvalue weighted by Crippen LogP contribution is 2.32. The number of aromatic amines is 1. The average molecular weight is 372 g/mol. The summed E-state index contributed by atoms with van der Waals surface area (Å²) < 4.78 is 0. The van der Waals surface area contributed by atoms with Crippen molar-refractivity contribution in [1.29, 1.82) is 0 Å². The van der Waals surface area contributed by atoms with Crippen molar-refractivity contribution in [2.24, 2.45) is 0 Å². The van der Waals surface area contributed by atoms with Gasteiger partial charge in [-0.1, -0.05) is 0 Å². The Morgan fingerprint density at radius 2 is 2.38 bits per heavy atom. The first-order valence-electron chi connectivity index (χ1n) is 9.21. The van der Waals surface area contributed by atoms with Crippen LogP contribution in [-0.4, -0.2) is 46.8 Å². The molecule has 0 bridgehead atoms. The molecule has 3 N–H and O–H groups in total. The number of amides is 1. The summed E-state index contributed by atoms with van der Waals surface area (Å²) in [4.78, 5) is 23.3. The van der Waals surface area contributed by atoms with Crippen LogP contribution in [0, 0.1) is 6.92 Å². The molecule has 0 saturated carbocycles. The topological polar surface area (TPSA) is 73.0 Å². The maximum Gasteiger partial charge on any atom is 0.259 e. The molecular weight excluding hydrogens is 346 g/mol. The van der Waals surface area contributed by atoms with Crippen molar-refractivity contribution in [1.82, 2.24) is 20.6 Å². The molecule has 0 radical (unpaired) electrons. The second kappa shape index (κ2) is 7.32. The zero-order chi connectivity index (χ0) is 18.1. The largest absolute Gasteiger partial charge is 0.348 e. The lowest BCUT2D eigenvalue weighted by molar-refractivity contribution is -0.117. The van der Waals surface area contributed by atoms with E-state index in [1.165, 1.54) is 12.0 Å². The van der Waals surface area contributed by atoms with Gasteiger partial charge in [0.1, 0.15) is 5.65 Å². The quantitative estimate of drug-likeness (QED) is 0.770. The Morgan fingerprint density at radius 3 is 3.19 bits per heavy atom. The highest BCUT2D eigenvalue weighted by molar-refractivity contribution is 8.04. The Hall–Kier alpha value is -1.99. The van der Waals surface area contributed by atoms with Crippen LogP contribution in [0.3, 0.4) is 0 Å². The molecule has 2 aliphatic heterocycles. The molecule has 2 aromatic heterocycles. The maximum absolute atomic E-state index is 12.7. The van der Waals surface area contributed by atoms with Crippen molar-refractivity contribution in [3.05, 3.63) is 35.1 Å². The summed E-state index contributed by atoms with van der Waals surface area (Å²) in [5.41, 5.74) is 3.16. The van der Waals surface area contributed by atoms with E-state index >= 15 is 0 Å². The summed E-state index contributed by atoms with van der Waals surface area (Å²) >= 11 is 1.63. The molecule has 0 spiro atoms. The van der Waals surface area contributed by atoms with Gasteiger partial charge in [0, 0.05) is 48.4 Å². The minimum Gasteiger partial charge on any atom is -0.348 e. The monoisotopic (exact) mass is 371 g/mol. The molecule has 0 aromatic carbocycles. The van der Waals surface area contributed by atoms with Gasteiger partial charge in [0.15, 0.2) is 0 Å². The normalized spacial score (nSPS) is 21.7. The average Bonchev–Trinajstić information content (AvgIpc) is 3.32. The second-order valence-corrected chi connectivity index (χ2v) is 8.16. The maximum atomic E-state index is 12.7. The molecule has 1 fully saturated rings. The summed E-state index contributed by atoms with van der Waals surface area (Å²) in [6, 6.07) is 2.55. The molecule has 138 valence electrons. The lowest BCUT2D eigenvalue weighted by atomic mass is 10.1. The number of hydrogen-bond acceptors (Lipinski definition) is 5. The van der Waals surface area contributed by atoms with Crippen LogP contribution in [0.2, 0.25) is 0 Å². The van der Waals surface area contributed by atoms with E-state index in [-0.39, 0.29) is 11.9 Å². The number of H-pyrrole nitrogens is 1. The summed E-state index contributed by atoms with van der Waals surface area (Å²) in [5.74, 6) is 0.916. The molecule has 7 heteroatoms. The van der Waals surface area contributed by atoms with Crippen molar-refractivity contribution in [3.63, 3.8) is 0 Å². The molecule has 4 rings (SSSR count). The zero-order valence-electron chi connectivity index (χ0n) is 15.2. The molecule has 0 aliphatic carbocycles. The van der Waals surface area contributed by atoms with Crippen LogP contribution in [0.1, 0.15) is 25.3 Å². The third kappa shape index (κ3) is 3.33. The van der Waals surface area contributed by atoms with Gasteiger partial charge in [-0.3, -0.25) is 4.79 Å². The zero-order valence-corrected chi connectivity index (χ0v) is 16.0. The van der Waals surface area contributed by atoms with E-state index in [0.29, 0.717) is 6.04 Å². The van der Waals surface area contributed by atoms with Crippen LogP contribution >= 0.6 is 11.8 Å². The van der Waals surface area contributed by atoms with Crippen LogP contribution in [0.15, 0.2) is 29.6 Å². The highest BCUT2D eigenvalue weighted by Gasteiger charge is 2.25. The van der Waals surface area contributed by atoms with Gasteiger partial charge in [-0.05, 0) is 44.9 Å². The standard InChI is InChI=1S/C19H25N5OS/c1-12-10-22-18-17(12)15(5-7-21-18)24-8-9-26-16(11-24)19(25)23-13(2)14-4-3-6-20-14/h5,7,10-11,13-14,20H,3-4,6,8-9H2,1-2H3,(H,21,22)(H,23,25)/t13?,14-/m0/s1. The summed E-state index contributed by atoms with van der Waals surface area (Å²) in [5, 5.41) is 7.76. The molecule has 1 unspecified atom stereocenters. The molecule has 2 aromatic rings. The van der Waals surface area contributed by atoms with Gasteiger partial charge >= 0.3 is 0 Å². The Balaban J connectivity index is 1.55. The number of nitrogens with one attached hydrogen (secondary N) is 3. The third-order valence-electron chi connectivity index (χ3n) is 5.21. The Kier molecular flexibility index (Phi) is 4.91. The number of nitrogens with zero attached hydrogens (tertiary/aromatic N) is 2. The van der Waals surface area contributed by atoms with Crippen LogP contribution in [-0.2, 0) is 4.79 Å². The number of aromatic nitrogens is 2. The van der Waals surface area contributed by atoms with E-state index in [4.69, 9.17) is 0 Å². The number of aryl methyl sites for hydroxylation is 1. The minimum absolute atomic E-state index is 0.0250. The number of pyridine rings is 1. The molecule has 1 amide bonds. The fraction of sp³-hybridized carbons (Fsp3) is 0.474. The van der Waals surface area contributed by atoms with Crippen LogP contribution in [0.25, 0.3) is 11.0 Å². The van der Waals surface area contributed by atoms with Crippen molar-refractivity contribution in [2.45, 2.75) is 38.8 Å². The Bertz CT molecular complexity index is 840. The van der Waals surface area contributed by atoms with Crippen LogP contribution in [0.5, 0.6) is 0 Å². The highest BCUT2D eigenvalue weighted by atomic mass is 32.2. The van der Waals surface area contributed by atoms with Crippen molar-refractivity contribution in [3.8, 4) is 0 Å². The fourth-order valence-electron chi connectivity index (χ4n) is 3.77. The van der Waals surface area contributed by atoms with Crippen LogP contribution in [0.4, 0.5) is 5.69 Å². The van der Waals surface area contributed by atoms with Crippen molar-refractivity contribution < 1.29 is 4.79 Å². The summed E-state index contributed by atoms with van der Waals surface area (Å²) in [6.45, 7) is 6.09. The van der Waals surface area contributed by atoms with Gasteiger partial charge in [-0.15, -0.1) is 11.8 Å². The van der Waals surface area contributed by atoms with Gasteiger partial charge in [0.05, 0.1) is 10.6 Å². The van der Waals surface area contributed by atoms with E-state index in [1.54, 1.807) is 11.8 Å². The van der Waals surface area contributed by atoms with E-state index < -0.39 is 0 Å². The fourth-order valence-corrected chi connectivity index (χ4v) is 4.67. The SMILES string of the molecule is Cc1c[nH]c2nccc(N3C=C(C(=O)NC(C)[C@@H]4CCCN4)SCC3)c12. The second-order valence-electron chi connectivity index (χ2n) is 7.03. The summed E-state index contributed by atoms with van der Waals surface area (Å²) in [6.07, 6.45) is 8.09. The van der Waals surface area contributed by atoms with Gasteiger partial charge < -0.3 is 20.5 Å². The molecule has 4 heterocycles. The number of carbonyl (C=O) groups is 1. The number of rotatable bonds is 4. The molecule has 26 heavy (non-hydrogen) atoms. The Morgan fingerprint density at radius 1 is 1.50 bits per heavy atom. The number of anilines is 1. The first kappa shape index (κ1) is 17.4. The molecule has 2 atom stereocenters. The smallest absolute Gasteiger partial charge is 0.259 e. The number of carbonyl (C=O) groups excluding carboxylic acids is 1. The molecule has 2 aliphatic rings. The number of thioether (sulfide) groups is 1. The predicted molar refractivity (Wildman–Crippen MR) is 107 cm³/mol. The minimum atomic E-state index is 0.0250. The van der Waals surface area contributed by atoms with E-state index in [2.05, 4.69) is 39.3 Å². The van der Waals surface area contributed by atoms with Gasteiger partial charge in [0.2, 0.25) is 0 Å². The Labute approximate surface area is 157 Å². The van der Waals surface area contributed by atoms with Gasteiger partial charge in [0.25, 0.3) is 5.91 Å². The summed E-state index contributed by atoms with van der Waals surface area (Å²) in [7, 11) is 0. The number of fused-ring (bicyclic) bond motifs is 1. The molecule has 1 saturated heterocycles. The van der Waals surface area contributed by atoms with E-state index in [9.17, 15) is 4.79 Å². The third-order valence-corrected chi connectivity index (χ3v) is 6.19. The van der Waals surface area contributed by atoms with Gasteiger partial charge in [-0.25, -0.2) is 4.98 Å². The number of hydrogen-bond donors (Lipinski definition) is 3. The predicted octanol–water partition coefficient (Wildman–Crippen LogP) is 2.52. The van der Waals surface area contributed by atoms with Crippen molar-refractivity contribution in [2.75, 3.05) is 23.7 Å². The first-order valence-corrected chi connectivity index (χ1v) is 10.2. The molecular formula is C19H25N5OS. The lowest BCUT2D eigenvalue weighted by Gasteiger charge is -2.28. The van der Waals surface area contributed by atoms with Crippen LogP contribution < -0.4 is 15.5 Å².